The minimum absolute atomic E-state index is 0.283. The van der Waals surface area contributed by atoms with Gasteiger partial charge in [0.05, 0.1) is 6.04 Å². The van der Waals surface area contributed by atoms with Crippen LogP contribution in [0.1, 0.15) is 43.9 Å². The van der Waals surface area contributed by atoms with Gasteiger partial charge >= 0.3 is 6.03 Å². The van der Waals surface area contributed by atoms with Crippen LogP contribution in [-0.4, -0.2) is 22.7 Å². The fourth-order valence-corrected chi connectivity index (χ4v) is 3.08. The number of amides is 4. The van der Waals surface area contributed by atoms with Gasteiger partial charge in [0.25, 0.3) is 0 Å². The Morgan fingerprint density at radius 1 is 1.19 bits per heavy atom. The molecule has 0 bridgehead atoms. The van der Waals surface area contributed by atoms with Crippen molar-refractivity contribution in [3.8, 4) is 0 Å². The van der Waals surface area contributed by atoms with E-state index in [2.05, 4.69) is 5.32 Å². The highest BCUT2D eigenvalue weighted by Gasteiger charge is 2.49. The second-order valence-corrected chi connectivity index (χ2v) is 6.17. The highest BCUT2D eigenvalue weighted by molar-refractivity contribution is 6.18. The number of imide groups is 2. The van der Waals surface area contributed by atoms with Gasteiger partial charge in [-0.3, -0.25) is 19.8 Å². The molecule has 1 N–H and O–H groups in total. The number of aryl methyl sites for hydroxylation is 1. The summed E-state index contributed by atoms with van der Waals surface area (Å²) in [6.45, 7) is 3.11. The summed E-state index contributed by atoms with van der Waals surface area (Å²) < 4.78 is 0. The highest BCUT2D eigenvalue weighted by Crippen LogP contribution is 2.38. The van der Waals surface area contributed by atoms with Crippen molar-refractivity contribution >= 4 is 17.8 Å². The zero-order valence-corrected chi connectivity index (χ0v) is 12.2. The summed E-state index contributed by atoms with van der Waals surface area (Å²) in [5, 5.41) is 2.31. The molecular weight excluding hydrogens is 268 g/mol. The van der Waals surface area contributed by atoms with E-state index in [1.54, 1.807) is 13.8 Å². The van der Waals surface area contributed by atoms with Gasteiger partial charge in [0.1, 0.15) is 5.41 Å². The molecule has 2 aliphatic rings. The summed E-state index contributed by atoms with van der Waals surface area (Å²) >= 11 is 0. The Kier molecular flexibility index (Phi) is 3.08. The van der Waals surface area contributed by atoms with Gasteiger partial charge < -0.3 is 0 Å². The largest absolute Gasteiger partial charge is 0.331 e. The number of carbonyl (C=O) groups excluding carboxylic acids is 3. The molecule has 1 aromatic rings. The van der Waals surface area contributed by atoms with Crippen molar-refractivity contribution in [2.75, 3.05) is 0 Å². The lowest BCUT2D eigenvalue weighted by atomic mass is 9.83. The molecule has 1 unspecified atom stereocenters. The Morgan fingerprint density at radius 3 is 2.67 bits per heavy atom. The van der Waals surface area contributed by atoms with Crippen LogP contribution in [0.5, 0.6) is 0 Å². The third-order valence-electron chi connectivity index (χ3n) is 4.41. The molecule has 1 atom stereocenters. The SMILES string of the molecule is CC1(C)C(=O)NC(=O)N(C2CCCc3ccccc32)C1=O. The van der Waals surface area contributed by atoms with E-state index >= 15 is 0 Å². The van der Waals surface area contributed by atoms with Crippen LogP contribution in [0.2, 0.25) is 0 Å². The lowest BCUT2D eigenvalue weighted by Crippen LogP contribution is -2.62. The first kappa shape index (κ1) is 13.8. The number of rotatable bonds is 1. The van der Waals surface area contributed by atoms with Crippen LogP contribution >= 0.6 is 0 Å². The number of barbiturate groups is 1. The van der Waals surface area contributed by atoms with Gasteiger partial charge in [0.15, 0.2) is 0 Å². The molecule has 0 aromatic heterocycles. The molecule has 0 saturated carbocycles. The van der Waals surface area contributed by atoms with Crippen LogP contribution in [0, 0.1) is 5.41 Å². The standard InChI is InChI=1S/C16H18N2O3/c1-16(2)13(19)17-15(21)18(14(16)20)12-9-5-7-10-6-3-4-8-11(10)12/h3-4,6,8,12H,5,7,9H2,1-2H3,(H,17,19,21). The Labute approximate surface area is 123 Å². The summed E-state index contributed by atoms with van der Waals surface area (Å²) in [5.74, 6) is -0.948. The molecule has 1 aliphatic heterocycles. The Bertz CT molecular complexity index is 636. The monoisotopic (exact) mass is 286 g/mol. The summed E-state index contributed by atoms with van der Waals surface area (Å²) in [4.78, 5) is 37.9. The molecule has 1 saturated heterocycles. The van der Waals surface area contributed by atoms with Crippen molar-refractivity contribution in [1.29, 1.82) is 0 Å². The minimum atomic E-state index is -1.21. The Morgan fingerprint density at radius 2 is 1.90 bits per heavy atom. The van der Waals surface area contributed by atoms with E-state index in [9.17, 15) is 14.4 Å². The van der Waals surface area contributed by atoms with Crippen molar-refractivity contribution < 1.29 is 14.4 Å². The normalized spacial score (nSPS) is 24.6. The van der Waals surface area contributed by atoms with Crippen molar-refractivity contribution in [1.82, 2.24) is 10.2 Å². The smallest absolute Gasteiger partial charge is 0.277 e. The Balaban J connectivity index is 2.03. The zero-order valence-electron chi connectivity index (χ0n) is 12.2. The first-order valence-electron chi connectivity index (χ1n) is 7.20. The van der Waals surface area contributed by atoms with Crippen LogP contribution in [0.15, 0.2) is 24.3 Å². The summed E-state index contributed by atoms with van der Waals surface area (Å²) in [5.41, 5.74) is 0.974. The van der Waals surface area contributed by atoms with Gasteiger partial charge in [0, 0.05) is 0 Å². The van der Waals surface area contributed by atoms with Crippen LogP contribution in [-0.2, 0) is 16.0 Å². The third-order valence-corrected chi connectivity index (χ3v) is 4.41. The predicted octanol–water partition coefficient (Wildman–Crippen LogP) is 2.17. The van der Waals surface area contributed by atoms with Crippen molar-refractivity contribution in [2.24, 2.45) is 5.41 Å². The van der Waals surface area contributed by atoms with Crippen LogP contribution < -0.4 is 5.32 Å². The summed E-state index contributed by atoms with van der Waals surface area (Å²) in [7, 11) is 0. The van der Waals surface area contributed by atoms with E-state index in [0.29, 0.717) is 0 Å². The van der Waals surface area contributed by atoms with Crippen molar-refractivity contribution in [3.63, 3.8) is 0 Å². The molecule has 3 rings (SSSR count). The van der Waals surface area contributed by atoms with Gasteiger partial charge in [-0.05, 0) is 44.2 Å². The molecule has 21 heavy (non-hydrogen) atoms. The molecule has 4 amide bonds. The molecule has 5 nitrogen and oxygen atoms in total. The lowest BCUT2D eigenvalue weighted by molar-refractivity contribution is -0.150. The maximum atomic E-state index is 12.6. The van der Waals surface area contributed by atoms with Crippen LogP contribution in [0.4, 0.5) is 4.79 Å². The number of nitrogens with one attached hydrogen (secondary N) is 1. The van der Waals surface area contributed by atoms with Gasteiger partial charge in [-0.2, -0.15) is 0 Å². The van der Waals surface area contributed by atoms with Crippen molar-refractivity contribution in [3.05, 3.63) is 35.4 Å². The number of fused-ring (bicyclic) bond motifs is 1. The summed E-state index contributed by atoms with van der Waals surface area (Å²) in [6.07, 6.45) is 2.62. The van der Waals surface area contributed by atoms with E-state index in [-0.39, 0.29) is 6.04 Å². The zero-order chi connectivity index (χ0) is 15.2. The molecule has 1 aromatic carbocycles. The molecule has 0 spiro atoms. The second kappa shape index (κ2) is 4.69. The molecular formula is C16H18N2O3. The lowest BCUT2D eigenvalue weighted by Gasteiger charge is -2.41. The average Bonchev–Trinajstić information content (AvgIpc) is 2.46. The fourth-order valence-electron chi connectivity index (χ4n) is 3.08. The molecule has 0 radical (unpaired) electrons. The number of urea groups is 1. The molecule has 1 fully saturated rings. The quantitative estimate of drug-likeness (QED) is 0.805. The number of carbonyl (C=O) groups is 3. The first-order valence-corrected chi connectivity index (χ1v) is 7.20. The van der Waals surface area contributed by atoms with Crippen LogP contribution in [0.3, 0.4) is 0 Å². The maximum Gasteiger partial charge on any atom is 0.331 e. The number of nitrogens with zero attached hydrogens (tertiary/aromatic N) is 1. The molecule has 5 heteroatoms. The molecule has 110 valence electrons. The molecule has 1 heterocycles. The minimum Gasteiger partial charge on any atom is -0.277 e. The van der Waals surface area contributed by atoms with E-state index in [0.717, 1.165) is 24.8 Å². The number of hydrogen-bond acceptors (Lipinski definition) is 3. The Hall–Kier alpha value is -2.17. The molecule has 1 aliphatic carbocycles. The maximum absolute atomic E-state index is 12.6. The summed E-state index contributed by atoms with van der Waals surface area (Å²) in [6, 6.07) is 6.99. The van der Waals surface area contributed by atoms with E-state index < -0.39 is 23.3 Å². The van der Waals surface area contributed by atoms with E-state index in [1.807, 2.05) is 24.3 Å². The second-order valence-electron chi connectivity index (χ2n) is 6.17. The average molecular weight is 286 g/mol. The van der Waals surface area contributed by atoms with Crippen molar-refractivity contribution in [2.45, 2.75) is 39.2 Å². The van der Waals surface area contributed by atoms with Crippen LogP contribution in [0.25, 0.3) is 0 Å². The van der Waals surface area contributed by atoms with E-state index in [1.165, 1.54) is 10.5 Å². The topological polar surface area (TPSA) is 66.5 Å². The fraction of sp³-hybridized carbons (Fsp3) is 0.438. The predicted molar refractivity (Wildman–Crippen MR) is 76.3 cm³/mol. The highest BCUT2D eigenvalue weighted by atomic mass is 16.2. The van der Waals surface area contributed by atoms with Gasteiger partial charge in [-0.15, -0.1) is 0 Å². The van der Waals surface area contributed by atoms with Gasteiger partial charge in [-0.1, -0.05) is 24.3 Å². The number of benzene rings is 1. The third kappa shape index (κ3) is 2.04. The van der Waals surface area contributed by atoms with Gasteiger partial charge in [0.2, 0.25) is 11.8 Å². The first-order chi connectivity index (χ1) is 9.93. The van der Waals surface area contributed by atoms with E-state index in [4.69, 9.17) is 0 Å². The van der Waals surface area contributed by atoms with Gasteiger partial charge in [-0.25, -0.2) is 4.79 Å². The number of hydrogen-bond donors (Lipinski definition) is 1.